The van der Waals surface area contributed by atoms with Crippen LogP contribution in [0.3, 0.4) is 0 Å². The Balaban J connectivity index is 0.00000208. The number of likely N-dealkylation sites (tertiary alicyclic amines) is 1. The van der Waals surface area contributed by atoms with Gasteiger partial charge in [0.2, 0.25) is 0 Å². The van der Waals surface area contributed by atoms with Crippen LogP contribution in [0.15, 0.2) is 53.7 Å². The van der Waals surface area contributed by atoms with E-state index in [1.807, 2.05) is 30.3 Å². The van der Waals surface area contributed by atoms with Gasteiger partial charge in [-0.25, -0.2) is 9.37 Å². The van der Waals surface area contributed by atoms with Crippen LogP contribution in [0.1, 0.15) is 18.4 Å². The van der Waals surface area contributed by atoms with Gasteiger partial charge in [0.15, 0.2) is 0 Å². The fourth-order valence-electron chi connectivity index (χ4n) is 2.92. The number of benzene rings is 1. The maximum atomic E-state index is 12.9. The number of nitrogens with zero attached hydrogens (tertiary/aromatic N) is 2. The number of pyridine rings is 1. The minimum atomic E-state index is -1.01. The maximum absolute atomic E-state index is 12.9. The average Bonchev–Trinajstić information content (AvgIpc) is 2.62. The molecule has 1 aliphatic heterocycles. The van der Waals surface area contributed by atoms with Crippen LogP contribution in [0.25, 0.3) is 0 Å². The van der Waals surface area contributed by atoms with Crippen LogP contribution in [0.2, 0.25) is 0 Å². The SMILES string of the molecule is Cl.O=S(c1ccccn1)C1CCN(CCc2ccc(F)cc2)CC1. The van der Waals surface area contributed by atoms with E-state index in [1.54, 1.807) is 6.20 Å². The molecule has 2 aromatic rings. The third-order valence-corrected chi connectivity index (χ3v) is 6.04. The summed E-state index contributed by atoms with van der Waals surface area (Å²) in [6.07, 6.45) is 4.50. The molecule has 3 nitrogen and oxygen atoms in total. The van der Waals surface area contributed by atoms with Crippen molar-refractivity contribution < 1.29 is 8.60 Å². The molecule has 1 unspecified atom stereocenters. The van der Waals surface area contributed by atoms with Crippen molar-refractivity contribution in [3.63, 3.8) is 0 Å². The van der Waals surface area contributed by atoms with E-state index in [0.717, 1.165) is 44.5 Å². The van der Waals surface area contributed by atoms with Crippen LogP contribution in [-0.2, 0) is 17.2 Å². The zero-order chi connectivity index (χ0) is 16.1. The Labute approximate surface area is 151 Å². The van der Waals surface area contributed by atoms with E-state index >= 15 is 0 Å². The first-order valence-electron chi connectivity index (χ1n) is 8.01. The third kappa shape index (κ3) is 5.10. The number of halogens is 2. The van der Waals surface area contributed by atoms with Crippen LogP contribution in [-0.4, -0.2) is 39.0 Å². The van der Waals surface area contributed by atoms with Crippen LogP contribution >= 0.6 is 12.4 Å². The summed E-state index contributed by atoms with van der Waals surface area (Å²) in [6.45, 7) is 2.89. The molecule has 130 valence electrons. The number of aromatic nitrogens is 1. The molecule has 3 rings (SSSR count). The Morgan fingerprint density at radius 2 is 1.83 bits per heavy atom. The highest BCUT2D eigenvalue weighted by atomic mass is 35.5. The molecule has 0 aliphatic carbocycles. The molecule has 0 spiro atoms. The lowest BCUT2D eigenvalue weighted by atomic mass is 10.1. The lowest BCUT2D eigenvalue weighted by molar-refractivity contribution is 0.234. The fraction of sp³-hybridized carbons (Fsp3) is 0.389. The van der Waals surface area contributed by atoms with E-state index in [9.17, 15) is 8.60 Å². The van der Waals surface area contributed by atoms with Crippen molar-refractivity contribution in [3.8, 4) is 0 Å². The van der Waals surface area contributed by atoms with E-state index in [4.69, 9.17) is 0 Å². The minimum absolute atomic E-state index is 0. The molecule has 0 bridgehead atoms. The van der Waals surface area contributed by atoms with Gasteiger partial charge < -0.3 is 4.90 Å². The second kappa shape index (κ2) is 9.25. The Morgan fingerprint density at radius 3 is 2.46 bits per heavy atom. The second-order valence-corrected chi connectivity index (χ2v) is 7.56. The molecular weight excluding hydrogens is 347 g/mol. The maximum Gasteiger partial charge on any atom is 0.127 e. The van der Waals surface area contributed by atoms with E-state index in [1.165, 1.54) is 12.1 Å². The number of piperidine rings is 1. The number of hydrogen-bond acceptors (Lipinski definition) is 3. The lowest BCUT2D eigenvalue weighted by Crippen LogP contribution is -2.38. The van der Waals surface area contributed by atoms with Crippen molar-refractivity contribution in [1.29, 1.82) is 0 Å². The van der Waals surface area contributed by atoms with Gasteiger partial charge in [-0.15, -0.1) is 12.4 Å². The number of rotatable bonds is 5. The molecule has 1 saturated heterocycles. The first-order valence-corrected chi connectivity index (χ1v) is 9.22. The van der Waals surface area contributed by atoms with Gasteiger partial charge in [-0.2, -0.15) is 0 Å². The quantitative estimate of drug-likeness (QED) is 0.810. The summed E-state index contributed by atoms with van der Waals surface area (Å²) >= 11 is 0. The zero-order valence-corrected chi connectivity index (χ0v) is 15.1. The molecule has 6 heteroatoms. The van der Waals surface area contributed by atoms with Crippen LogP contribution in [0, 0.1) is 5.82 Å². The molecule has 1 aliphatic rings. The van der Waals surface area contributed by atoms with E-state index in [0.29, 0.717) is 5.03 Å². The molecule has 24 heavy (non-hydrogen) atoms. The number of hydrogen-bond donors (Lipinski definition) is 0. The van der Waals surface area contributed by atoms with Gasteiger partial charge in [-0.1, -0.05) is 18.2 Å². The monoisotopic (exact) mass is 368 g/mol. The van der Waals surface area contributed by atoms with E-state index in [-0.39, 0.29) is 23.5 Å². The van der Waals surface area contributed by atoms with Crippen molar-refractivity contribution in [3.05, 3.63) is 60.0 Å². The standard InChI is InChI=1S/C18H21FN2OS.ClH/c19-16-6-4-15(5-7-16)8-12-21-13-9-17(10-14-21)23(22)18-3-1-2-11-20-18;/h1-7,11,17H,8-10,12-14H2;1H. The summed E-state index contributed by atoms with van der Waals surface area (Å²) in [6, 6.07) is 12.3. The first kappa shape index (κ1) is 19.0. The van der Waals surface area contributed by atoms with Gasteiger partial charge in [-0.05, 0) is 62.2 Å². The molecule has 2 heterocycles. The summed E-state index contributed by atoms with van der Waals surface area (Å²) in [5.74, 6) is -0.188. The Morgan fingerprint density at radius 1 is 1.12 bits per heavy atom. The van der Waals surface area contributed by atoms with Crippen LogP contribution in [0.4, 0.5) is 4.39 Å². The molecule has 1 fully saturated rings. The highest BCUT2D eigenvalue weighted by molar-refractivity contribution is 7.85. The predicted octanol–water partition coefficient (Wildman–Crippen LogP) is 3.46. The zero-order valence-electron chi connectivity index (χ0n) is 13.4. The highest BCUT2D eigenvalue weighted by Gasteiger charge is 2.25. The highest BCUT2D eigenvalue weighted by Crippen LogP contribution is 2.20. The molecule has 0 radical (unpaired) electrons. The van der Waals surface area contributed by atoms with Crippen molar-refractivity contribution >= 4 is 23.2 Å². The fourth-order valence-corrected chi connectivity index (χ4v) is 4.28. The van der Waals surface area contributed by atoms with Crippen molar-refractivity contribution in [1.82, 2.24) is 9.88 Å². The van der Waals surface area contributed by atoms with Gasteiger partial charge in [0.1, 0.15) is 10.8 Å². The normalized spacial score (nSPS) is 17.2. The van der Waals surface area contributed by atoms with Crippen LogP contribution < -0.4 is 0 Å². The average molecular weight is 369 g/mol. The Kier molecular flexibility index (Phi) is 7.34. The molecule has 0 amide bonds. The van der Waals surface area contributed by atoms with Gasteiger partial charge in [-0.3, -0.25) is 4.21 Å². The van der Waals surface area contributed by atoms with Crippen molar-refractivity contribution in [2.24, 2.45) is 0 Å². The second-order valence-electron chi connectivity index (χ2n) is 5.88. The Hall–Kier alpha value is -1.30. The smallest absolute Gasteiger partial charge is 0.127 e. The van der Waals surface area contributed by atoms with Crippen molar-refractivity contribution in [2.75, 3.05) is 19.6 Å². The van der Waals surface area contributed by atoms with Gasteiger partial charge in [0.25, 0.3) is 0 Å². The third-order valence-electron chi connectivity index (χ3n) is 4.31. The molecule has 1 aromatic carbocycles. The molecule has 0 saturated carbocycles. The summed E-state index contributed by atoms with van der Waals surface area (Å²) in [4.78, 5) is 6.61. The summed E-state index contributed by atoms with van der Waals surface area (Å²) in [5.41, 5.74) is 1.16. The first-order chi connectivity index (χ1) is 11.2. The lowest BCUT2D eigenvalue weighted by Gasteiger charge is -2.31. The van der Waals surface area contributed by atoms with Crippen molar-refractivity contribution in [2.45, 2.75) is 29.5 Å². The van der Waals surface area contributed by atoms with Crippen LogP contribution in [0.5, 0.6) is 0 Å². The largest absolute Gasteiger partial charge is 0.303 e. The topological polar surface area (TPSA) is 33.2 Å². The van der Waals surface area contributed by atoms with E-state index in [2.05, 4.69) is 9.88 Å². The molecule has 1 aromatic heterocycles. The molecule has 1 atom stereocenters. The molecular formula is C18H22ClFN2OS. The summed E-state index contributed by atoms with van der Waals surface area (Å²) in [7, 11) is -1.01. The summed E-state index contributed by atoms with van der Waals surface area (Å²) in [5, 5.41) is 0.893. The Bertz CT molecular complexity index is 646. The molecule has 0 N–H and O–H groups in total. The van der Waals surface area contributed by atoms with Gasteiger partial charge in [0, 0.05) is 18.0 Å². The minimum Gasteiger partial charge on any atom is -0.303 e. The van der Waals surface area contributed by atoms with Gasteiger partial charge in [0.05, 0.1) is 10.8 Å². The van der Waals surface area contributed by atoms with E-state index < -0.39 is 10.8 Å². The van der Waals surface area contributed by atoms with Gasteiger partial charge >= 0.3 is 0 Å². The predicted molar refractivity (Wildman–Crippen MR) is 97.5 cm³/mol. The summed E-state index contributed by atoms with van der Waals surface area (Å²) < 4.78 is 25.4.